The van der Waals surface area contributed by atoms with Gasteiger partial charge in [-0.15, -0.1) is 0 Å². The van der Waals surface area contributed by atoms with Gasteiger partial charge in [-0.3, -0.25) is 4.79 Å². The number of piperidine rings is 1. The number of carbonyl (C=O) groups excluding carboxylic acids is 1. The van der Waals surface area contributed by atoms with Crippen LogP contribution in [0.3, 0.4) is 0 Å². The normalized spacial score (nSPS) is 19.0. The number of rotatable bonds is 4. The van der Waals surface area contributed by atoms with Crippen LogP contribution < -0.4 is 4.74 Å². The maximum atomic E-state index is 12.3. The Bertz CT molecular complexity index is 727. The number of carbonyl (C=O) groups is 1. The number of amides is 1. The molecule has 0 spiro atoms. The molecule has 1 fully saturated rings. The summed E-state index contributed by atoms with van der Waals surface area (Å²) in [4.78, 5) is 14.3. The summed E-state index contributed by atoms with van der Waals surface area (Å²) in [6, 6.07) is 5.84. The van der Waals surface area contributed by atoms with Gasteiger partial charge in [0.25, 0.3) is 0 Å². The number of nitrogens with zero attached hydrogens (tertiary/aromatic N) is 2. The van der Waals surface area contributed by atoms with E-state index in [1.54, 1.807) is 0 Å². The predicted octanol–water partition coefficient (Wildman–Crippen LogP) is 1.79. The Morgan fingerprint density at radius 1 is 1.16 bits per heavy atom. The molecule has 0 aromatic heterocycles. The molecule has 2 heterocycles. The van der Waals surface area contributed by atoms with E-state index in [0.717, 1.165) is 42.8 Å². The third-order valence-corrected chi connectivity index (χ3v) is 6.12. The summed E-state index contributed by atoms with van der Waals surface area (Å²) in [5.41, 5.74) is 1.91. The van der Waals surface area contributed by atoms with Crippen molar-refractivity contribution in [3.05, 3.63) is 29.3 Å². The Morgan fingerprint density at radius 2 is 1.92 bits per heavy atom. The van der Waals surface area contributed by atoms with Crippen LogP contribution in [0.25, 0.3) is 0 Å². The second kappa shape index (κ2) is 7.74. The molecule has 3 rings (SSSR count). The fourth-order valence-corrected chi connectivity index (χ4v) is 4.19. The molecule has 0 saturated carbocycles. The first-order chi connectivity index (χ1) is 11.9. The maximum absolute atomic E-state index is 12.3. The van der Waals surface area contributed by atoms with E-state index in [0.29, 0.717) is 32.5 Å². The number of hydrogen-bond donors (Lipinski definition) is 0. The molecule has 6 nitrogen and oxygen atoms in total. The first-order valence-electron chi connectivity index (χ1n) is 8.91. The van der Waals surface area contributed by atoms with Crippen molar-refractivity contribution in [3.63, 3.8) is 0 Å². The Kier molecular flexibility index (Phi) is 5.64. The van der Waals surface area contributed by atoms with Crippen LogP contribution in [0.1, 0.15) is 36.8 Å². The van der Waals surface area contributed by atoms with Crippen LogP contribution >= 0.6 is 0 Å². The van der Waals surface area contributed by atoms with Crippen LogP contribution in [0.4, 0.5) is 0 Å². The number of likely N-dealkylation sites (tertiary alicyclic amines) is 1. The summed E-state index contributed by atoms with van der Waals surface area (Å²) in [6.45, 7) is 2.78. The minimum atomic E-state index is -3.25. The minimum absolute atomic E-state index is 0.212. The molecule has 1 aromatic carbocycles. The van der Waals surface area contributed by atoms with Crippen molar-refractivity contribution >= 4 is 15.9 Å². The van der Waals surface area contributed by atoms with Gasteiger partial charge >= 0.3 is 0 Å². The molecule has 0 unspecified atom stereocenters. The first kappa shape index (κ1) is 18.2. The van der Waals surface area contributed by atoms with Crippen LogP contribution in [0.15, 0.2) is 18.2 Å². The van der Waals surface area contributed by atoms with E-state index < -0.39 is 10.0 Å². The molecule has 1 saturated heterocycles. The molecule has 0 radical (unpaired) electrons. The zero-order chi connectivity index (χ0) is 17.9. The minimum Gasteiger partial charge on any atom is -0.492 e. The lowest BCUT2D eigenvalue weighted by Gasteiger charge is -2.26. The summed E-state index contributed by atoms with van der Waals surface area (Å²) in [7, 11) is -3.25. The Balaban J connectivity index is 1.66. The van der Waals surface area contributed by atoms with Gasteiger partial charge in [-0.2, -0.15) is 4.31 Å². The molecule has 1 aromatic rings. The Labute approximate surface area is 149 Å². The Hall–Kier alpha value is -1.60. The van der Waals surface area contributed by atoms with Crippen molar-refractivity contribution in [1.29, 1.82) is 0 Å². The maximum Gasteiger partial charge on any atom is 0.222 e. The zero-order valence-electron chi connectivity index (χ0n) is 14.7. The molecular weight excluding hydrogens is 340 g/mol. The van der Waals surface area contributed by atoms with Crippen LogP contribution in [0.5, 0.6) is 5.75 Å². The van der Waals surface area contributed by atoms with Gasteiger partial charge in [0.1, 0.15) is 12.4 Å². The lowest BCUT2D eigenvalue weighted by Crippen LogP contribution is -2.35. The fraction of sp³-hybridized carbons (Fsp3) is 0.611. The highest BCUT2D eigenvalue weighted by molar-refractivity contribution is 7.88. The van der Waals surface area contributed by atoms with Crippen molar-refractivity contribution in [2.45, 2.75) is 38.6 Å². The van der Waals surface area contributed by atoms with Crippen LogP contribution in [0, 0.1) is 0 Å². The van der Waals surface area contributed by atoms with Crippen molar-refractivity contribution in [3.8, 4) is 5.75 Å². The summed E-state index contributed by atoms with van der Waals surface area (Å²) in [5.74, 6) is 0.945. The van der Waals surface area contributed by atoms with Crippen LogP contribution in [-0.4, -0.2) is 56.0 Å². The Morgan fingerprint density at radius 3 is 2.64 bits per heavy atom. The van der Waals surface area contributed by atoms with E-state index in [9.17, 15) is 13.2 Å². The lowest BCUT2D eigenvalue weighted by atomic mass is 10.0. The van der Waals surface area contributed by atoms with E-state index in [1.807, 2.05) is 23.1 Å². The van der Waals surface area contributed by atoms with E-state index in [-0.39, 0.29) is 5.91 Å². The average molecular weight is 366 g/mol. The monoisotopic (exact) mass is 366 g/mol. The number of benzene rings is 1. The van der Waals surface area contributed by atoms with Gasteiger partial charge < -0.3 is 9.64 Å². The third-order valence-electron chi connectivity index (χ3n) is 4.88. The predicted molar refractivity (Wildman–Crippen MR) is 95.9 cm³/mol. The molecule has 0 aliphatic carbocycles. The molecule has 0 bridgehead atoms. The summed E-state index contributed by atoms with van der Waals surface area (Å²) in [5, 5.41) is 0. The highest BCUT2D eigenvalue weighted by Gasteiger charge is 2.22. The second-order valence-electron chi connectivity index (χ2n) is 6.83. The van der Waals surface area contributed by atoms with Crippen molar-refractivity contribution in [2.75, 3.05) is 32.5 Å². The quantitative estimate of drug-likeness (QED) is 0.815. The number of fused-ring (bicyclic) bond motifs is 1. The fourth-order valence-electron chi connectivity index (χ4n) is 3.41. The van der Waals surface area contributed by atoms with Crippen LogP contribution in [0.2, 0.25) is 0 Å². The largest absolute Gasteiger partial charge is 0.492 e. The van der Waals surface area contributed by atoms with E-state index in [2.05, 4.69) is 0 Å². The van der Waals surface area contributed by atoms with E-state index in [4.69, 9.17) is 4.74 Å². The lowest BCUT2D eigenvalue weighted by molar-refractivity contribution is -0.132. The molecule has 7 heteroatoms. The van der Waals surface area contributed by atoms with E-state index in [1.165, 1.54) is 17.0 Å². The standard InChI is InChI=1S/C18H26N2O4S/c1-25(22,23)20-11-12-24-17-7-5-15(13-16(17)14-20)6-8-18(21)19-9-3-2-4-10-19/h5,7,13H,2-4,6,8-12,14H2,1H3. The SMILES string of the molecule is CS(=O)(=O)N1CCOc2ccc(CCC(=O)N3CCCCC3)cc2C1. The molecule has 25 heavy (non-hydrogen) atoms. The molecule has 1 amide bonds. The number of hydrogen-bond acceptors (Lipinski definition) is 4. The molecule has 2 aliphatic heterocycles. The van der Waals surface area contributed by atoms with Crippen molar-refractivity contribution < 1.29 is 17.9 Å². The molecular formula is C18H26N2O4S. The number of ether oxygens (including phenoxy) is 1. The van der Waals surface area contributed by atoms with E-state index >= 15 is 0 Å². The van der Waals surface area contributed by atoms with Crippen LogP contribution in [-0.2, 0) is 27.8 Å². The topological polar surface area (TPSA) is 66.9 Å². The molecule has 138 valence electrons. The van der Waals surface area contributed by atoms with Gasteiger partial charge in [-0.05, 0) is 37.3 Å². The molecule has 2 aliphatic rings. The van der Waals surface area contributed by atoms with Gasteiger partial charge in [0.2, 0.25) is 15.9 Å². The smallest absolute Gasteiger partial charge is 0.222 e. The van der Waals surface area contributed by atoms with Gasteiger partial charge in [0.15, 0.2) is 0 Å². The molecule has 0 atom stereocenters. The van der Waals surface area contributed by atoms with Crippen molar-refractivity contribution in [2.24, 2.45) is 0 Å². The number of aryl methyl sites for hydroxylation is 1. The van der Waals surface area contributed by atoms with Gasteiger partial charge in [-0.1, -0.05) is 12.1 Å². The third kappa shape index (κ3) is 4.73. The highest BCUT2D eigenvalue weighted by Crippen LogP contribution is 2.26. The summed E-state index contributed by atoms with van der Waals surface area (Å²) in [6.07, 6.45) is 5.80. The van der Waals surface area contributed by atoms with Crippen molar-refractivity contribution in [1.82, 2.24) is 9.21 Å². The zero-order valence-corrected chi connectivity index (χ0v) is 15.6. The first-order valence-corrected chi connectivity index (χ1v) is 10.8. The van der Waals surface area contributed by atoms with Gasteiger partial charge in [0.05, 0.1) is 6.26 Å². The molecule has 0 N–H and O–H groups in total. The number of sulfonamides is 1. The van der Waals surface area contributed by atoms with Gasteiger partial charge in [-0.25, -0.2) is 8.42 Å². The van der Waals surface area contributed by atoms with Gasteiger partial charge in [0, 0.05) is 38.2 Å². The second-order valence-corrected chi connectivity index (χ2v) is 8.81. The average Bonchev–Trinajstić information content (AvgIpc) is 2.82. The summed E-state index contributed by atoms with van der Waals surface area (Å²) >= 11 is 0. The summed E-state index contributed by atoms with van der Waals surface area (Å²) < 4.78 is 30.8. The highest BCUT2D eigenvalue weighted by atomic mass is 32.2.